The van der Waals surface area contributed by atoms with Crippen LogP contribution in [-0.2, 0) is 6.18 Å². The van der Waals surface area contributed by atoms with Crippen molar-refractivity contribution in [2.24, 2.45) is 5.92 Å². The lowest BCUT2D eigenvalue weighted by molar-refractivity contribution is -0.137. The van der Waals surface area contributed by atoms with E-state index in [-0.39, 0.29) is 31.7 Å². The molecule has 2 aromatic carbocycles. The van der Waals surface area contributed by atoms with E-state index in [4.69, 9.17) is 0 Å². The van der Waals surface area contributed by atoms with E-state index in [0.29, 0.717) is 27.8 Å². The highest BCUT2D eigenvalue weighted by Crippen LogP contribution is 2.34. The fraction of sp³-hybridized carbons (Fsp3) is 0.286. The minimum absolute atomic E-state index is 0.184. The van der Waals surface area contributed by atoms with Crippen LogP contribution < -0.4 is 5.32 Å². The minimum atomic E-state index is -4.42. The monoisotopic (exact) mass is 432 g/mol. The Hall–Kier alpha value is -3.40. The normalized spacial score (nSPS) is 19.0. The zero-order valence-electron chi connectivity index (χ0n) is 16.2. The van der Waals surface area contributed by atoms with Gasteiger partial charge in [-0.05, 0) is 12.1 Å². The maximum absolute atomic E-state index is 12.9. The highest BCUT2D eigenvalue weighted by molar-refractivity contribution is 6.00. The number of aliphatic hydroxyl groups is 1. The Kier molecular flexibility index (Phi) is 5.40. The first-order valence-electron chi connectivity index (χ1n) is 9.56. The third-order valence-electron chi connectivity index (χ3n) is 5.44. The number of aliphatic hydroxyl groups excluding tert-OH is 1. The Morgan fingerprint density at radius 1 is 1.06 bits per heavy atom. The number of likely N-dealkylation sites (tertiary alicyclic amines) is 1. The molecular weight excluding hydrogens is 413 g/mol. The summed E-state index contributed by atoms with van der Waals surface area (Å²) in [5.41, 5.74) is 0.188. The second-order valence-electron chi connectivity index (χ2n) is 7.40. The average molecular weight is 432 g/mol. The average Bonchev–Trinajstić information content (AvgIpc) is 3.17. The number of nitrogens with one attached hydrogen (secondary N) is 1. The number of halogens is 3. The van der Waals surface area contributed by atoms with Crippen molar-refractivity contribution in [2.75, 3.05) is 25.0 Å². The molecule has 2 atom stereocenters. The van der Waals surface area contributed by atoms with Crippen molar-refractivity contribution >= 4 is 22.7 Å². The predicted octanol–water partition coefficient (Wildman–Crippen LogP) is 3.70. The Morgan fingerprint density at radius 2 is 1.74 bits per heavy atom. The third-order valence-corrected chi connectivity index (χ3v) is 5.44. The fourth-order valence-electron chi connectivity index (χ4n) is 3.79. The summed E-state index contributed by atoms with van der Waals surface area (Å²) < 4.78 is 38.6. The number of hydrogen-bond acceptors (Lipinski definition) is 5. The van der Waals surface area contributed by atoms with E-state index in [9.17, 15) is 28.2 Å². The van der Waals surface area contributed by atoms with Crippen molar-refractivity contribution in [1.82, 2.24) is 15.1 Å². The molecule has 4 rings (SSSR count). The van der Waals surface area contributed by atoms with Crippen LogP contribution >= 0.6 is 0 Å². The summed E-state index contributed by atoms with van der Waals surface area (Å²) in [5.74, 6) is 0.119. The van der Waals surface area contributed by atoms with Gasteiger partial charge < -0.3 is 20.4 Å². The van der Waals surface area contributed by atoms with Gasteiger partial charge in [0, 0.05) is 42.0 Å². The van der Waals surface area contributed by atoms with Crippen molar-refractivity contribution in [3.05, 3.63) is 54.1 Å². The number of alkyl halides is 3. The van der Waals surface area contributed by atoms with Crippen LogP contribution in [0.25, 0.3) is 22.0 Å². The van der Waals surface area contributed by atoms with E-state index < -0.39 is 17.8 Å². The summed E-state index contributed by atoms with van der Waals surface area (Å²) in [4.78, 5) is 12.5. The van der Waals surface area contributed by atoms with Gasteiger partial charge in [-0.15, -0.1) is 10.2 Å². The molecule has 2 heterocycles. The molecule has 31 heavy (non-hydrogen) atoms. The molecule has 10 heteroatoms. The quantitative estimate of drug-likeness (QED) is 0.582. The second-order valence-corrected chi connectivity index (χ2v) is 7.40. The number of amides is 1. The summed E-state index contributed by atoms with van der Waals surface area (Å²) in [6, 6.07) is 11.6. The molecule has 0 unspecified atom stereocenters. The number of anilines is 1. The first-order chi connectivity index (χ1) is 14.8. The zero-order chi connectivity index (χ0) is 22.2. The molecular formula is C21H19F3N4O3. The molecule has 3 aromatic rings. The molecule has 1 fully saturated rings. The molecule has 0 aliphatic carbocycles. The van der Waals surface area contributed by atoms with Crippen LogP contribution in [0.3, 0.4) is 0 Å². The highest BCUT2D eigenvalue weighted by Gasteiger charge is 2.35. The zero-order valence-corrected chi connectivity index (χ0v) is 16.2. The summed E-state index contributed by atoms with van der Waals surface area (Å²) in [6.45, 7) is 0.214. The first kappa shape index (κ1) is 20.9. The lowest BCUT2D eigenvalue weighted by Gasteiger charge is -2.19. The first-order valence-corrected chi connectivity index (χ1v) is 9.56. The Bertz CT molecular complexity index is 1110. The van der Waals surface area contributed by atoms with Crippen LogP contribution in [0.5, 0.6) is 0 Å². The molecule has 3 N–H and O–H groups in total. The summed E-state index contributed by atoms with van der Waals surface area (Å²) in [6.07, 6.45) is -5.48. The molecule has 0 radical (unpaired) electrons. The molecule has 1 aliphatic rings. The van der Waals surface area contributed by atoms with Gasteiger partial charge in [0.1, 0.15) is 5.69 Å². The van der Waals surface area contributed by atoms with Gasteiger partial charge in [0.2, 0.25) is 0 Å². The summed E-state index contributed by atoms with van der Waals surface area (Å²) >= 11 is 0. The fourth-order valence-corrected chi connectivity index (χ4v) is 3.79. The Labute approximate surface area is 175 Å². The van der Waals surface area contributed by atoms with Gasteiger partial charge in [-0.1, -0.05) is 36.4 Å². The Morgan fingerprint density at radius 3 is 2.35 bits per heavy atom. The Balaban J connectivity index is 1.68. The SMILES string of the molecule is O=C(O)N1C[C@H](CO)[C@@H](Nc2nnc(-c3ccc(C(F)(F)F)cc3)c3ccccc23)C1. The molecule has 1 saturated heterocycles. The van der Waals surface area contributed by atoms with Crippen LogP contribution in [-0.4, -0.2) is 57.1 Å². The van der Waals surface area contributed by atoms with Gasteiger partial charge in [-0.3, -0.25) is 0 Å². The number of carboxylic acid groups (broad SMARTS) is 1. The smallest absolute Gasteiger partial charge is 0.416 e. The molecule has 7 nitrogen and oxygen atoms in total. The molecule has 1 amide bonds. The van der Waals surface area contributed by atoms with Gasteiger partial charge >= 0.3 is 12.3 Å². The van der Waals surface area contributed by atoms with Crippen LogP contribution in [0, 0.1) is 5.92 Å². The molecule has 162 valence electrons. The van der Waals surface area contributed by atoms with Crippen molar-refractivity contribution in [1.29, 1.82) is 0 Å². The lowest BCUT2D eigenvalue weighted by Crippen LogP contribution is -2.32. The molecule has 1 aromatic heterocycles. The van der Waals surface area contributed by atoms with E-state index >= 15 is 0 Å². The maximum Gasteiger partial charge on any atom is 0.416 e. The van der Waals surface area contributed by atoms with E-state index in [1.807, 2.05) is 0 Å². The van der Waals surface area contributed by atoms with Crippen LogP contribution in [0.2, 0.25) is 0 Å². The van der Waals surface area contributed by atoms with Crippen LogP contribution in [0.1, 0.15) is 5.56 Å². The lowest BCUT2D eigenvalue weighted by atomic mass is 10.0. The number of fused-ring (bicyclic) bond motifs is 1. The number of hydrogen-bond donors (Lipinski definition) is 3. The van der Waals surface area contributed by atoms with Gasteiger partial charge in [0.05, 0.1) is 11.6 Å². The summed E-state index contributed by atoms with van der Waals surface area (Å²) in [5, 5.41) is 31.9. The van der Waals surface area contributed by atoms with Crippen molar-refractivity contribution in [2.45, 2.75) is 12.2 Å². The van der Waals surface area contributed by atoms with Gasteiger partial charge in [0.15, 0.2) is 5.82 Å². The topological polar surface area (TPSA) is 98.6 Å². The summed E-state index contributed by atoms with van der Waals surface area (Å²) in [7, 11) is 0. The molecule has 0 bridgehead atoms. The number of nitrogens with zero attached hydrogens (tertiary/aromatic N) is 3. The van der Waals surface area contributed by atoms with Crippen LogP contribution in [0.4, 0.5) is 23.8 Å². The number of benzene rings is 2. The molecule has 1 aliphatic heterocycles. The third kappa shape index (κ3) is 4.11. The minimum Gasteiger partial charge on any atom is -0.465 e. The van der Waals surface area contributed by atoms with Crippen LogP contribution in [0.15, 0.2) is 48.5 Å². The maximum atomic E-state index is 12.9. The van der Waals surface area contributed by atoms with E-state index in [1.54, 1.807) is 24.3 Å². The van der Waals surface area contributed by atoms with Gasteiger partial charge in [-0.25, -0.2) is 4.79 Å². The predicted molar refractivity (Wildman–Crippen MR) is 108 cm³/mol. The van der Waals surface area contributed by atoms with Gasteiger partial charge in [0.25, 0.3) is 0 Å². The standard InChI is InChI=1S/C21H19F3N4O3/c22-21(23,24)14-7-5-12(6-8-14)18-15-3-1-2-4-16(15)19(27-26-18)25-17-10-28(20(30)31)9-13(17)11-29/h1-8,13,17,29H,9-11H2,(H,25,27)(H,30,31)/t13-,17+/m1/s1. The number of carbonyl (C=O) groups is 1. The second kappa shape index (κ2) is 8.03. The highest BCUT2D eigenvalue weighted by atomic mass is 19.4. The van der Waals surface area contributed by atoms with Crippen molar-refractivity contribution in [3.63, 3.8) is 0 Å². The van der Waals surface area contributed by atoms with Crippen molar-refractivity contribution < 1.29 is 28.2 Å². The number of rotatable bonds is 4. The van der Waals surface area contributed by atoms with E-state index in [2.05, 4.69) is 15.5 Å². The van der Waals surface area contributed by atoms with Crippen molar-refractivity contribution in [3.8, 4) is 11.3 Å². The molecule has 0 saturated carbocycles. The molecule has 0 spiro atoms. The number of aromatic nitrogens is 2. The van der Waals surface area contributed by atoms with E-state index in [0.717, 1.165) is 12.1 Å². The van der Waals surface area contributed by atoms with Gasteiger partial charge in [-0.2, -0.15) is 13.2 Å². The largest absolute Gasteiger partial charge is 0.465 e. The van der Waals surface area contributed by atoms with E-state index in [1.165, 1.54) is 17.0 Å².